The molecule has 1 heterocycles. The van der Waals surface area contributed by atoms with E-state index in [1.807, 2.05) is 13.8 Å². The third-order valence-electron chi connectivity index (χ3n) is 2.96. The molecule has 1 aromatic rings. The summed E-state index contributed by atoms with van der Waals surface area (Å²) < 4.78 is 0. The predicted molar refractivity (Wildman–Crippen MR) is 66.7 cm³/mol. The molecule has 1 unspecified atom stereocenters. The lowest BCUT2D eigenvalue weighted by atomic mass is 9.79. The molecule has 0 saturated carbocycles. The van der Waals surface area contributed by atoms with E-state index in [1.54, 1.807) is 11.3 Å². The highest BCUT2D eigenvalue weighted by atomic mass is 32.1. The fourth-order valence-electron chi connectivity index (χ4n) is 1.48. The average Bonchev–Trinajstić information content (AvgIpc) is 2.41. The summed E-state index contributed by atoms with van der Waals surface area (Å²) in [6.45, 7) is 12.4. The quantitative estimate of drug-likeness (QED) is 0.687. The number of Topliss-reactive ketones (excluding diaryl/α,β-unsaturated/α-hetero) is 1. The zero-order valence-corrected chi connectivity index (χ0v) is 11.3. The first kappa shape index (κ1) is 12.4. The van der Waals surface area contributed by atoms with Crippen molar-refractivity contribution in [2.24, 2.45) is 11.3 Å². The van der Waals surface area contributed by atoms with Gasteiger partial charge in [-0.05, 0) is 30.9 Å². The highest BCUT2D eigenvalue weighted by Crippen LogP contribution is 2.32. The lowest BCUT2D eigenvalue weighted by Gasteiger charge is -2.25. The Kier molecular flexibility index (Phi) is 3.39. The van der Waals surface area contributed by atoms with E-state index < -0.39 is 0 Å². The van der Waals surface area contributed by atoms with Crippen LogP contribution in [0.3, 0.4) is 0 Å². The molecule has 0 amide bonds. The summed E-state index contributed by atoms with van der Waals surface area (Å²) in [4.78, 5) is 14.4. The summed E-state index contributed by atoms with van der Waals surface area (Å²) in [6, 6.07) is 2.09. The van der Waals surface area contributed by atoms with E-state index in [1.165, 1.54) is 4.88 Å². The van der Waals surface area contributed by atoms with E-state index >= 15 is 0 Å². The molecule has 0 aromatic carbocycles. The van der Waals surface area contributed by atoms with Gasteiger partial charge in [0.1, 0.15) is 0 Å². The van der Waals surface area contributed by atoms with Gasteiger partial charge in [-0.1, -0.05) is 27.7 Å². The van der Waals surface area contributed by atoms with Gasteiger partial charge in [0.2, 0.25) is 0 Å². The van der Waals surface area contributed by atoms with Crippen LogP contribution in [0.15, 0.2) is 6.07 Å². The second kappa shape index (κ2) is 4.09. The summed E-state index contributed by atoms with van der Waals surface area (Å²) >= 11 is 1.62. The number of carbonyl (C=O) groups is 1. The van der Waals surface area contributed by atoms with Gasteiger partial charge >= 0.3 is 0 Å². The lowest BCUT2D eigenvalue weighted by molar-refractivity contribution is 0.0843. The number of rotatable bonds is 2. The van der Waals surface area contributed by atoms with Crippen molar-refractivity contribution in [1.29, 1.82) is 0 Å². The minimum Gasteiger partial charge on any atom is -0.293 e. The van der Waals surface area contributed by atoms with Crippen LogP contribution < -0.4 is 0 Å². The number of hydrogen-bond acceptors (Lipinski definition) is 2. The van der Waals surface area contributed by atoms with E-state index in [2.05, 4.69) is 33.8 Å². The number of ketones is 1. The molecular weight excluding hydrogens is 204 g/mol. The van der Waals surface area contributed by atoms with Crippen LogP contribution in [0, 0.1) is 25.2 Å². The van der Waals surface area contributed by atoms with Crippen LogP contribution in [0.4, 0.5) is 0 Å². The highest BCUT2D eigenvalue weighted by Gasteiger charge is 2.29. The fourth-order valence-corrected chi connectivity index (χ4v) is 2.53. The predicted octanol–water partition coefficient (Wildman–Crippen LogP) is 4.23. The van der Waals surface area contributed by atoms with E-state index in [0.29, 0.717) is 0 Å². The molecule has 0 aliphatic rings. The zero-order chi connectivity index (χ0) is 11.8. The molecule has 0 saturated heterocycles. The van der Waals surface area contributed by atoms with Crippen molar-refractivity contribution in [1.82, 2.24) is 0 Å². The second-order valence-corrected chi connectivity index (χ2v) is 6.58. The summed E-state index contributed by atoms with van der Waals surface area (Å²) in [5.74, 6) is 0.368. The number of thiophene rings is 1. The van der Waals surface area contributed by atoms with Gasteiger partial charge in [-0.15, -0.1) is 11.3 Å². The van der Waals surface area contributed by atoms with Gasteiger partial charge in [0.05, 0.1) is 4.88 Å². The van der Waals surface area contributed by atoms with Crippen molar-refractivity contribution < 1.29 is 4.79 Å². The van der Waals surface area contributed by atoms with Crippen molar-refractivity contribution in [3.05, 3.63) is 21.4 Å². The summed E-state index contributed by atoms with van der Waals surface area (Å²) in [6.07, 6.45) is 0. The maximum atomic E-state index is 12.2. The third kappa shape index (κ3) is 2.69. The molecule has 0 fully saturated rings. The first-order chi connectivity index (χ1) is 6.73. The molecule has 1 aromatic heterocycles. The summed E-state index contributed by atoms with van der Waals surface area (Å²) in [5, 5.41) is 0. The number of hydrogen-bond donors (Lipinski definition) is 0. The van der Waals surface area contributed by atoms with Gasteiger partial charge in [-0.2, -0.15) is 0 Å². The Bertz CT molecular complexity index is 368. The zero-order valence-electron chi connectivity index (χ0n) is 10.5. The minimum atomic E-state index is 0.0431. The normalized spacial score (nSPS) is 14.0. The molecule has 0 radical (unpaired) electrons. The van der Waals surface area contributed by atoms with Crippen LogP contribution in [0.2, 0.25) is 0 Å². The lowest BCUT2D eigenvalue weighted by Crippen LogP contribution is -2.25. The van der Waals surface area contributed by atoms with Gasteiger partial charge in [0, 0.05) is 10.8 Å². The second-order valence-electron chi connectivity index (χ2n) is 5.32. The van der Waals surface area contributed by atoms with Crippen molar-refractivity contribution in [3.8, 4) is 0 Å². The van der Waals surface area contributed by atoms with Crippen LogP contribution in [0.5, 0.6) is 0 Å². The Hall–Kier alpha value is -0.630. The van der Waals surface area contributed by atoms with Crippen LogP contribution in [0.25, 0.3) is 0 Å². The fraction of sp³-hybridized carbons (Fsp3) is 0.615. The Labute approximate surface area is 96.5 Å². The maximum absolute atomic E-state index is 12.2. The largest absolute Gasteiger partial charge is 0.293 e. The summed E-state index contributed by atoms with van der Waals surface area (Å²) in [5.41, 5.74) is 1.17. The van der Waals surface area contributed by atoms with E-state index in [9.17, 15) is 4.79 Å². The molecule has 0 aliphatic carbocycles. The van der Waals surface area contributed by atoms with Crippen molar-refractivity contribution in [3.63, 3.8) is 0 Å². The first-order valence-electron chi connectivity index (χ1n) is 5.34. The number of carbonyl (C=O) groups excluding carboxylic acids is 1. The minimum absolute atomic E-state index is 0.0431. The van der Waals surface area contributed by atoms with Crippen LogP contribution >= 0.6 is 11.3 Å². The molecule has 1 atom stereocenters. The molecule has 0 spiro atoms. The molecule has 0 aliphatic heterocycles. The molecule has 15 heavy (non-hydrogen) atoms. The Morgan fingerprint density at radius 1 is 1.33 bits per heavy atom. The first-order valence-corrected chi connectivity index (χ1v) is 6.16. The van der Waals surface area contributed by atoms with Gasteiger partial charge in [0.25, 0.3) is 0 Å². The molecule has 0 bridgehead atoms. The van der Waals surface area contributed by atoms with Gasteiger partial charge in [0.15, 0.2) is 5.78 Å². The summed E-state index contributed by atoms with van der Waals surface area (Å²) in [7, 11) is 0. The smallest absolute Gasteiger partial charge is 0.176 e. The van der Waals surface area contributed by atoms with Crippen molar-refractivity contribution >= 4 is 17.1 Å². The van der Waals surface area contributed by atoms with Crippen LogP contribution in [0.1, 0.15) is 47.8 Å². The number of aryl methyl sites for hydroxylation is 2. The Balaban J connectivity index is 3.00. The maximum Gasteiger partial charge on any atom is 0.176 e. The monoisotopic (exact) mass is 224 g/mol. The van der Waals surface area contributed by atoms with E-state index in [0.717, 1.165) is 10.4 Å². The van der Waals surface area contributed by atoms with E-state index in [4.69, 9.17) is 0 Å². The molecule has 0 N–H and O–H groups in total. The molecule has 1 nitrogen and oxygen atoms in total. The van der Waals surface area contributed by atoms with Gasteiger partial charge < -0.3 is 0 Å². The molecular formula is C13H20OS. The van der Waals surface area contributed by atoms with Crippen molar-refractivity contribution in [2.75, 3.05) is 0 Å². The van der Waals surface area contributed by atoms with Crippen LogP contribution in [-0.4, -0.2) is 5.78 Å². The molecule has 2 heteroatoms. The third-order valence-corrected chi connectivity index (χ3v) is 4.12. The molecule has 84 valence electrons. The topological polar surface area (TPSA) is 17.1 Å². The standard InChI is InChI=1S/C13H20OS/c1-8-7-9(2)15-12(8)11(14)10(3)13(4,5)6/h7,10H,1-6H3. The highest BCUT2D eigenvalue weighted by molar-refractivity contribution is 7.14. The molecule has 1 rings (SSSR count). The van der Waals surface area contributed by atoms with E-state index in [-0.39, 0.29) is 17.1 Å². The van der Waals surface area contributed by atoms with Crippen LogP contribution in [-0.2, 0) is 0 Å². The SMILES string of the molecule is Cc1cc(C)c(C(=O)C(C)C(C)(C)C)s1. The van der Waals surface area contributed by atoms with Gasteiger partial charge in [-0.3, -0.25) is 4.79 Å². The van der Waals surface area contributed by atoms with Gasteiger partial charge in [-0.25, -0.2) is 0 Å². The van der Waals surface area contributed by atoms with Crippen molar-refractivity contribution in [2.45, 2.75) is 41.5 Å². The Morgan fingerprint density at radius 2 is 1.87 bits per heavy atom. The Morgan fingerprint density at radius 3 is 2.20 bits per heavy atom. The average molecular weight is 224 g/mol.